The highest BCUT2D eigenvalue weighted by atomic mass is 15.2. The molecule has 0 saturated carbocycles. The molecule has 2 heteroatoms. The van der Waals surface area contributed by atoms with Crippen LogP contribution in [0.3, 0.4) is 0 Å². The van der Waals surface area contributed by atoms with Crippen LogP contribution in [-0.4, -0.2) is 31.2 Å². The lowest BCUT2D eigenvalue weighted by molar-refractivity contribution is 0.313. The van der Waals surface area contributed by atoms with Gasteiger partial charge in [-0.05, 0) is 32.5 Å². The number of rotatable bonds is 3. The van der Waals surface area contributed by atoms with Gasteiger partial charge < -0.3 is 5.32 Å². The van der Waals surface area contributed by atoms with Crippen LogP contribution in [0.15, 0.2) is 0 Å². The van der Waals surface area contributed by atoms with E-state index in [1.165, 1.54) is 25.9 Å². The van der Waals surface area contributed by atoms with E-state index in [9.17, 15) is 0 Å². The van der Waals surface area contributed by atoms with E-state index in [1.54, 1.807) is 0 Å². The third-order valence-electron chi connectivity index (χ3n) is 1.78. The summed E-state index contributed by atoms with van der Waals surface area (Å²) in [5.74, 6) is 0. The molecule has 1 aliphatic heterocycles. The summed E-state index contributed by atoms with van der Waals surface area (Å²) >= 11 is 0. The second kappa shape index (κ2) is 3.85. The Balaban J connectivity index is 1.98. The second-order valence-electron chi connectivity index (χ2n) is 2.59. The van der Waals surface area contributed by atoms with Gasteiger partial charge in [0.1, 0.15) is 0 Å². The van der Waals surface area contributed by atoms with Crippen LogP contribution in [0.5, 0.6) is 0 Å². The minimum Gasteiger partial charge on any atom is -0.305 e. The number of likely N-dealkylation sites (tertiary alicyclic amines) is 1. The summed E-state index contributed by atoms with van der Waals surface area (Å²) in [4.78, 5) is 2.46. The van der Waals surface area contributed by atoms with Gasteiger partial charge in [0, 0.05) is 6.67 Å². The molecular formula is C7H16N2. The molecule has 0 unspecified atom stereocenters. The molecule has 0 bridgehead atoms. The van der Waals surface area contributed by atoms with Gasteiger partial charge >= 0.3 is 0 Å². The zero-order valence-electron chi connectivity index (χ0n) is 6.19. The fourth-order valence-electron chi connectivity index (χ4n) is 1.21. The van der Waals surface area contributed by atoms with Gasteiger partial charge in [-0.1, -0.05) is 6.92 Å². The molecule has 1 saturated heterocycles. The van der Waals surface area contributed by atoms with Gasteiger partial charge in [-0.3, -0.25) is 4.90 Å². The van der Waals surface area contributed by atoms with Crippen molar-refractivity contribution < 1.29 is 0 Å². The number of hydrogen-bond donors (Lipinski definition) is 1. The highest BCUT2D eigenvalue weighted by molar-refractivity contribution is 4.63. The molecule has 0 aliphatic carbocycles. The first-order valence-electron chi connectivity index (χ1n) is 3.86. The predicted molar refractivity (Wildman–Crippen MR) is 39.4 cm³/mol. The molecule has 54 valence electrons. The molecule has 1 N–H and O–H groups in total. The van der Waals surface area contributed by atoms with E-state index in [4.69, 9.17) is 0 Å². The quantitative estimate of drug-likeness (QED) is 0.600. The molecule has 1 heterocycles. The van der Waals surface area contributed by atoms with E-state index in [2.05, 4.69) is 17.1 Å². The van der Waals surface area contributed by atoms with Crippen molar-refractivity contribution in [1.29, 1.82) is 0 Å². The van der Waals surface area contributed by atoms with Gasteiger partial charge in [0.05, 0.1) is 0 Å². The fourth-order valence-corrected chi connectivity index (χ4v) is 1.21. The highest BCUT2D eigenvalue weighted by Crippen LogP contribution is 2.04. The minimum atomic E-state index is 1.09. The molecule has 0 aromatic heterocycles. The van der Waals surface area contributed by atoms with Gasteiger partial charge in [-0.15, -0.1) is 0 Å². The summed E-state index contributed by atoms with van der Waals surface area (Å²) in [5, 5.41) is 3.32. The van der Waals surface area contributed by atoms with Crippen molar-refractivity contribution in [2.24, 2.45) is 0 Å². The first-order chi connectivity index (χ1) is 4.43. The third kappa shape index (κ3) is 2.33. The molecule has 2 nitrogen and oxygen atoms in total. The van der Waals surface area contributed by atoms with E-state index in [0.717, 1.165) is 13.2 Å². The van der Waals surface area contributed by atoms with Crippen molar-refractivity contribution in [2.75, 3.05) is 26.3 Å². The van der Waals surface area contributed by atoms with E-state index in [0.29, 0.717) is 0 Å². The van der Waals surface area contributed by atoms with E-state index in [1.807, 2.05) is 0 Å². The summed E-state index contributed by atoms with van der Waals surface area (Å²) in [6, 6.07) is 0. The molecule has 0 aromatic carbocycles. The largest absolute Gasteiger partial charge is 0.305 e. The van der Waals surface area contributed by atoms with E-state index in [-0.39, 0.29) is 0 Å². The van der Waals surface area contributed by atoms with Gasteiger partial charge in [-0.2, -0.15) is 0 Å². The summed E-state index contributed by atoms with van der Waals surface area (Å²) in [6.07, 6.45) is 2.79. The molecule has 1 aliphatic rings. The van der Waals surface area contributed by atoms with Crippen molar-refractivity contribution in [1.82, 2.24) is 10.2 Å². The SMILES string of the molecule is CCNCN1CCCC1. The Labute approximate surface area is 57.2 Å². The Kier molecular flexibility index (Phi) is 3.01. The lowest BCUT2D eigenvalue weighted by Crippen LogP contribution is -2.31. The maximum atomic E-state index is 3.32. The van der Waals surface area contributed by atoms with Gasteiger partial charge in [-0.25, -0.2) is 0 Å². The Morgan fingerprint density at radius 1 is 1.33 bits per heavy atom. The molecule has 0 aromatic rings. The standard InChI is InChI=1S/C7H16N2/c1-2-8-7-9-5-3-4-6-9/h8H,2-7H2,1H3. The van der Waals surface area contributed by atoms with Gasteiger partial charge in [0.15, 0.2) is 0 Å². The molecular weight excluding hydrogens is 112 g/mol. The zero-order chi connectivity index (χ0) is 6.53. The molecule has 0 amide bonds. The Morgan fingerprint density at radius 3 is 2.56 bits per heavy atom. The predicted octanol–water partition coefficient (Wildman–Crippen LogP) is 0.649. The number of nitrogens with one attached hydrogen (secondary N) is 1. The minimum absolute atomic E-state index is 1.09. The molecule has 1 fully saturated rings. The van der Waals surface area contributed by atoms with Crippen LogP contribution in [0.2, 0.25) is 0 Å². The molecule has 1 rings (SSSR count). The summed E-state index contributed by atoms with van der Waals surface area (Å²) in [5.41, 5.74) is 0. The van der Waals surface area contributed by atoms with Crippen LogP contribution in [-0.2, 0) is 0 Å². The average molecular weight is 128 g/mol. The normalized spacial score (nSPS) is 21.0. The van der Waals surface area contributed by atoms with E-state index < -0.39 is 0 Å². The Bertz CT molecular complexity index is 67.3. The maximum Gasteiger partial charge on any atom is 0.0480 e. The average Bonchev–Trinajstić information content (AvgIpc) is 2.34. The monoisotopic (exact) mass is 128 g/mol. The smallest absolute Gasteiger partial charge is 0.0480 e. The van der Waals surface area contributed by atoms with Crippen LogP contribution < -0.4 is 5.32 Å². The first kappa shape index (κ1) is 7.03. The zero-order valence-corrected chi connectivity index (χ0v) is 6.19. The van der Waals surface area contributed by atoms with Crippen LogP contribution in [0.25, 0.3) is 0 Å². The Hall–Kier alpha value is -0.0800. The van der Waals surface area contributed by atoms with Crippen molar-refractivity contribution >= 4 is 0 Å². The molecule has 9 heavy (non-hydrogen) atoms. The maximum absolute atomic E-state index is 3.32. The lowest BCUT2D eigenvalue weighted by Gasteiger charge is -2.13. The Morgan fingerprint density at radius 2 is 2.00 bits per heavy atom. The second-order valence-corrected chi connectivity index (χ2v) is 2.59. The summed E-state index contributed by atoms with van der Waals surface area (Å²) in [6.45, 7) is 6.93. The fraction of sp³-hybridized carbons (Fsp3) is 1.00. The van der Waals surface area contributed by atoms with Crippen LogP contribution in [0.4, 0.5) is 0 Å². The summed E-state index contributed by atoms with van der Waals surface area (Å²) < 4.78 is 0. The van der Waals surface area contributed by atoms with Gasteiger partial charge in [0.25, 0.3) is 0 Å². The highest BCUT2D eigenvalue weighted by Gasteiger charge is 2.08. The summed E-state index contributed by atoms with van der Waals surface area (Å²) in [7, 11) is 0. The van der Waals surface area contributed by atoms with Crippen molar-refractivity contribution in [3.8, 4) is 0 Å². The first-order valence-corrected chi connectivity index (χ1v) is 3.86. The number of hydrogen-bond acceptors (Lipinski definition) is 2. The van der Waals surface area contributed by atoms with Crippen molar-refractivity contribution in [2.45, 2.75) is 19.8 Å². The third-order valence-corrected chi connectivity index (χ3v) is 1.78. The van der Waals surface area contributed by atoms with Crippen LogP contribution in [0.1, 0.15) is 19.8 Å². The van der Waals surface area contributed by atoms with E-state index >= 15 is 0 Å². The van der Waals surface area contributed by atoms with Crippen LogP contribution in [0, 0.1) is 0 Å². The molecule has 0 atom stereocenters. The van der Waals surface area contributed by atoms with Crippen LogP contribution >= 0.6 is 0 Å². The number of nitrogens with zero attached hydrogens (tertiary/aromatic N) is 1. The van der Waals surface area contributed by atoms with Crippen molar-refractivity contribution in [3.63, 3.8) is 0 Å². The topological polar surface area (TPSA) is 15.3 Å². The van der Waals surface area contributed by atoms with Crippen molar-refractivity contribution in [3.05, 3.63) is 0 Å². The van der Waals surface area contributed by atoms with Gasteiger partial charge in [0.2, 0.25) is 0 Å². The lowest BCUT2D eigenvalue weighted by atomic mass is 10.4. The molecule has 0 spiro atoms. The molecule has 0 radical (unpaired) electrons.